The van der Waals surface area contributed by atoms with E-state index in [1.807, 2.05) is 0 Å². The zero-order valence-electron chi connectivity index (χ0n) is 11.6. The number of hydrogen-bond donors (Lipinski definition) is 0. The zero-order valence-corrected chi connectivity index (χ0v) is 12.4. The molecule has 0 aromatic heterocycles. The Bertz CT molecular complexity index is 146. The van der Waals surface area contributed by atoms with Crippen LogP contribution in [0.5, 0.6) is 0 Å². The molecule has 0 bridgehead atoms. The lowest BCUT2D eigenvalue weighted by molar-refractivity contribution is -0.888. The van der Waals surface area contributed by atoms with Gasteiger partial charge >= 0.3 is 0 Å². The van der Waals surface area contributed by atoms with Crippen LogP contribution in [0.1, 0.15) is 58.3 Å². The first-order valence-corrected chi connectivity index (χ1v) is 7.54. The van der Waals surface area contributed by atoms with Crippen LogP contribution in [-0.2, 0) is 0 Å². The van der Waals surface area contributed by atoms with Gasteiger partial charge in [-0.2, -0.15) is 0 Å². The molecule has 0 aliphatic carbocycles. The third kappa shape index (κ3) is 10.8. The van der Waals surface area contributed by atoms with Gasteiger partial charge in [0.1, 0.15) is 0 Å². The summed E-state index contributed by atoms with van der Waals surface area (Å²) in [6, 6.07) is 0. The molecule has 0 heterocycles. The van der Waals surface area contributed by atoms with E-state index in [9.17, 15) is 0 Å². The second kappa shape index (κ2) is 10.4. The largest absolute Gasteiger partial charge is 0.327 e. The molecule has 0 fully saturated rings. The summed E-state index contributed by atoms with van der Waals surface area (Å²) in [5.41, 5.74) is 0. The van der Waals surface area contributed by atoms with Crippen molar-refractivity contribution in [1.29, 1.82) is 0 Å². The highest BCUT2D eigenvalue weighted by molar-refractivity contribution is 6.17. The Morgan fingerprint density at radius 3 is 1.75 bits per heavy atom. The van der Waals surface area contributed by atoms with Gasteiger partial charge in [0.25, 0.3) is 0 Å². The molecule has 0 aromatic rings. The van der Waals surface area contributed by atoms with Gasteiger partial charge in [-0.25, -0.2) is 0 Å². The van der Waals surface area contributed by atoms with Gasteiger partial charge in [0, 0.05) is 0 Å². The molecule has 0 N–H and O–H groups in total. The molecule has 0 aliphatic heterocycles. The Morgan fingerprint density at radius 2 is 1.25 bits per heavy atom. The molecular weight excluding hydrogens is 218 g/mol. The molecule has 0 atom stereocenters. The molecule has 0 saturated carbocycles. The summed E-state index contributed by atoms with van der Waals surface area (Å²) < 4.78 is 1.08. The molecule has 16 heavy (non-hydrogen) atoms. The summed E-state index contributed by atoms with van der Waals surface area (Å²) in [5, 5.41) is 0. The third-order valence-electron chi connectivity index (χ3n) is 3.31. The van der Waals surface area contributed by atoms with Gasteiger partial charge in [-0.15, -0.1) is 11.6 Å². The third-order valence-corrected chi connectivity index (χ3v) is 3.48. The predicted octanol–water partition coefficient (Wildman–Crippen LogP) is 4.44. The van der Waals surface area contributed by atoms with Gasteiger partial charge in [-0.1, -0.05) is 45.4 Å². The summed E-state index contributed by atoms with van der Waals surface area (Å²) in [5.74, 6) is 0.782. The predicted molar refractivity (Wildman–Crippen MR) is 75.2 cm³/mol. The van der Waals surface area contributed by atoms with Gasteiger partial charge in [0.05, 0.1) is 33.1 Å². The van der Waals surface area contributed by atoms with Crippen molar-refractivity contribution in [2.24, 2.45) is 0 Å². The molecule has 0 unspecified atom stereocenters. The number of unbranched alkanes of at least 4 members (excludes halogenated alkanes) is 7. The average Bonchev–Trinajstić information content (AvgIpc) is 2.22. The Hall–Kier alpha value is 0.250. The molecule has 0 aromatic carbocycles. The van der Waals surface area contributed by atoms with Gasteiger partial charge in [-0.3, -0.25) is 0 Å². The summed E-state index contributed by atoms with van der Waals surface area (Å²) in [7, 11) is 4.56. The quantitative estimate of drug-likeness (QED) is 0.288. The number of halogens is 1. The van der Waals surface area contributed by atoms with E-state index < -0.39 is 0 Å². The SMILES string of the molecule is CCCCCCCCCC[N+](C)(C)CCCl. The van der Waals surface area contributed by atoms with Crippen LogP contribution in [0.4, 0.5) is 0 Å². The van der Waals surface area contributed by atoms with Crippen LogP contribution in [0.15, 0.2) is 0 Å². The van der Waals surface area contributed by atoms with E-state index in [0.29, 0.717) is 0 Å². The van der Waals surface area contributed by atoms with E-state index in [-0.39, 0.29) is 0 Å². The normalized spacial score (nSPS) is 12.0. The molecule has 98 valence electrons. The lowest BCUT2D eigenvalue weighted by atomic mass is 10.1. The van der Waals surface area contributed by atoms with Gasteiger partial charge in [-0.05, 0) is 12.8 Å². The molecule has 0 aliphatic rings. The molecule has 0 saturated heterocycles. The fourth-order valence-electron chi connectivity index (χ4n) is 2.01. The van der Waals surface area contributed by atoms with E-state index in [1.54, 1.807) is 0 Å². The second-order valence-electron chi connectivity index (χ2n) is 5.55. The first-order valence-electron chi connectivity index (χ1n) is 7.00. The van der Waals surface area contributed by atoms with Crippen molar-refractivity contribution in [3.63, 3.8) is 0 Å². The van der Waals surface area contributed by atoms with Crippen LogP contribution in [0.2, 0.25) is 0 Å². The minimum absolute atomic E-state index is 0.782. The maximum absolute atomic E-state index is 5.78. The van der Waals surface area contributed by atoms with Gasteiger partial charge < -0.3 is 4.48 Å². The van der Waals surface area contributed by atoms with E-state index >= 15 is 0 Å². The highest BCUT2D eigenvalue weighted by atomic mass is 35.5. The van der Waals surface area contributed by atoms with Crippen molar-refractivity contribution in [3.05, 3.63) is 0 Å². The first kappa shape index (κ1) is 16.2. The number of hydrogen-bond acceptors (Lipinski definition) is 0. The standard InChI is InChI=1S/C14H31ClN/c1-4-5-6-7-8-9-10-11-13-16(2,3)14-12-15/h4-14H2,1-3H3/q+1. The van der Waals surface area contributed by atoms with Crippen molar-refractivity contribution in [2.45, 2.75) is 58.3 Å². The molecule has 0 radical (unpaired) electrons. The number of rotatable bonds is 11. The van der Waals surface area contributed by atoms with Crippen LogP contribution in [0.3, 0.4) is 0 Å². The van der Waals surface area contributed by atoms with E-state index in [0.717, 1.165) is 16.9 Å². The Labute approximate surface area is 108 Å². The molecule has 2 heteroatoms. The fourth-order valence-corrected chi connectivity index (χ4v) is 2.47. The highest BCUT2D eigenvalue weighted by Gasteiger charge is 2.12. The lowest BCUT2D eigenvalue weighted by Gasteiger charge is -2.28. The monoisotopic (exact) mass is 248 g/mol. The van der Waals surface area contributed by atoms with Crippen LogP contribution in [0, 0.1) is 0 Å². The molecule has 0 spiro atoms. The van der Waals surface area contributed by atoms with Crippen LogP contribution < -0.4 is 0 Å². The molecule has 1 nitrogen and oxygen atoms in total. The number of nitrogens with zero attached hydrogens (tertiary/aromatic N) is 1. The Balaban J connectivity index is 3.20. The lowest BCUT2D eigenvalue weighted by Crippen LogP contribution is -2.41. The van der Waals surface area contributed by atoms with Crippen LogP contribution in [0.25, 0.3) is 0 Å². The molecule has 0 rings (SSSR count). The minimum atomic E-state index is 0.782. The Morgan fingerprint density at radius 1 is 0.750 bits per heavy atom. The second-order valence-corrected chi connectivity index (χ2v) is 5.92. The summed E-state index contributed by atoms with van der Waals surface area (Å²) >= 11 is 5.78. The number of quaternary nitrogens is 1. The van der Waals surface area contributed by atoms with Crippen molar-refractivity contribution >= 4 is 11.6 Å². The topological polar surface area (TPSA) is 0 Å². The van der Waals surface area contributed by atoms with Crippen LogP contribution >= 0.6 is 11.6 Å². The highest BCUT2D eigenvalue weighted by Crippen LogP contribution is 2.10. The smallest absolute Gasteiger partial charge is 0.0920 e. The van der Waals surface area contributed by atoms with E-state index in [2.05, 4.69) is 21.0 Å². The van der Waals surface area contributed by atoms with Crippen molar-refractivity contribution in [2.75, 3.05) is 33.1 Å². The maximum atomic E-state index is 5.78. The number of alkyl halides is 1. The molecular formula is C14H31ClN+. The van der Waals surface area contributed by atoms with Gasteiger partial charge in [0.2, 0.25) is 0 Å². The fraction of sp³-hybridized carbons (Fsp3) is 1.00. The summed E-state index contributed by atoms with van der Waals surface area (Å²) in [4.78, 5) is 0. The van der Waals surface area contributed by atoms with Crippen molar-refractivity contribution < 1.29 is 4.48 Å². The molecule has 0 amide bonds. The van der Waals surface area contributed by atoms with Gasteiger partial charge in [0.15, 0.2) is 0 Å². The Kier molecular flexibility index (Phi) is 10.6. The first-order chi connectivity index (χ1) is 7.62. The summed E-state index contributed by atoms with van der Waals surface area (Å²) in [6.07, 6.45) is 11.3. The minimum Gasteiger partial charge on any atom is -0.327 e. The van der Waals surface area contributed by atoms with Crippen molar-refractivity contribution in [3.8, 4) is 0 Å². The van der Waals surface area contributed by atoms with E-state index in [4.69, 9.17) is 11.6 Å². The van der Waals surface area contributed by atoms with Crippen molar-refractivity contribution in [1.82, 2.24) is 0 Å². The maximum Gasteiger partial charge on any atom is 0.0920 e. The average molecular weight is 249 g/mol. The summed E-state index contributed by atoms with van der Waals surface area (Å²) in [6.45, 7) is 4.65. The van der Waals surface area contributed by atoms with E-state index in [1.165, 1.54) is 57.9 Å². The zero-order chi connectivity index (χ0) is 12.3. The van der Waals surface area contributed by atoms with Crippen LogP contribution in [-0.4, -0.2) is 37.5 Å².